The van der Waals surface area contributed by atoms with Crippen LogP contribution >= 0.6 is 8.25 Å². The highest BCUT2D eigenvalue weighted by molar-refractivity contribution is 7.33. The zero-order valence-electron chi connectivity index (χ0n) is 10.6. The van der Waals surface area contributed by atoms with Crippen molar-refractivity contribution in [1.82, 2.24) is 9.80 Å². The minimum Gasteiger partial charge on any atom is -0.362 e. The molecule has 0 unspecified atom stereocenters. The van der Waals surface area contributed by atoms with Gasteiger partial charge in [0, 0.05) is 40.2 Å². The Morgan fingerprint density at radius 1 is 1.31 bits per heavy atom. The van der Waals surface area contributed by atoms with E-state index in [1.807, 2.05) is 0 Å². The van der Waals surface area contributed by atoms with Crippen molar-refractivity contribution in [1.29, 1.82) is 0 Å². The summed E-state index contributed by atoms with van der Waals surface area (Å²) in [5.41, 5.74) is 0. The molecule has 1 rings (SSSR count). The Morgan fingerprint density at radius 2 is 1.94 bits per heavy atom. The lowest BCUT2D eigenvalue weighted by atomic mass is 10.3. The SMILES string of the molecule is CCCCN1C=CN(C)C1.CO[PH](=O)OC. The predicted molar refractivity (Wildman–Crippen MR) is 66.4 cm³/mol. The van der Waals surface area contributed by atoms with Crippen molar-refractivity contribution < 1.29 is 13.6 Å². The third-order valence-electron chi connectivity index (χ3n) is 2.07. The Kier molecular flexibility index (Phi) is 9.39. The third-order valence-corrected chi connectivity index (χ3v) is 2.74. The second-order valence-electron chi connectivity index (χ2n) is 3.52. The Labute approximate surface area is 99.0 Å². The summed E-state index contributed by atoms with van der Waals surface area (Å²) in [5, 5.41) is 0. The van der Waals surface area contributed by atoms with E-state index in [1.165, 1.54) is 33.6 Å². The van der Waals surface area contributed by atoms with Crippen LogP contribution in [0.4, 0.5) is 0 Å². The quantitative estimate of drug-likeness (QED) is 0.699. The summed E-state index contributed by atoms with van der Waals surface area (Å²) in [6, 6.07) is 0. The van der Waals surface area contributed by atoms with E-state index in [0.29, 0.717) is 0 Å². The first-order valence-corrected chi connectivity index (χ1v) is 6.61. The molecule has 0 N–H and O–H groups in total. The van der Waals surface area contributed by atoms with Crippen LogP contribution in [-0.2, 0) is 13.6 Å². The van der Waals surface area contributed by atoms with Crippen LogP contribution in [0, 0.1) is 0 Å². The van der Waals surface area contributed by atoms with E-state index in [1.54, 1.807) is 0 Å². The molecular formula is C10H23N2O3P. The van der Waals surface area contributed by atoms with E-state index in [0.717, 1.165) is 6.67 Å². The molecule has 0 amide bonds. The minimum absolute atomic E-state index is 1.07. The largest absolute Gasteiger partial charge is 0.362 e. The standard InChI is InChI=1S/C8H16N2.C2H7O3P/c1-3-4-5-10-7-6-9(2)8-10;1-4-6(3)5-2/h6-7H,3-5,8H2,1-2H3;6H,1-2H3. The topological polar surface area (TPSA) is 42.0 Å². The summed E-state index contributed by atoms with van der Waals surface area (Å²) >= 11 is 0. The van der Waals surface area contributed by atoms with Crippen LogP contribution in [0.3, 0.4) is 0 Å². The maximum Gasteiger partial charge on any atom is 0.318 e. The van der Waals surface area contributed by atoms with Gasteiger partial charge in [-0.1, -0.05) is 13.3 Å². The lowest BCUT2D eigenvalue weighted by Crippen LogP contribution is -2.23. The van der Waals surface area contributed by atoms with Gasteiger partial charge in [0.05, 0.1) is 6.67 Å². The van der Waals surface area contributed by atoms with Crippen LogP contribution in [0.15, 0.2) is 12.4 Å². The highest BCUT2D eigenvalue weighted by atomic mass is 31.1. The fraction of sp³-hybridized carbons (Fsp3) is 0.800. The fourth-order valence-electron chi connectivity index (χ4n) is 1.18. The summed E-state index contributed by atoms with van der Waals surface area (Å²) in [7, 11) is 2.66. The van der Waals surface area contributed by atoms with Crippen LogP contribution in [0.2, 0.25) is 0 Å². The van der Waals surface area contributed by atoms with Crippen molar-refractivity contribution in [2.24, 2.45) is 0 Å². The van der Waals surface area contributed by atoms with Gasteiger partial charge >= 0.3 is 8.25 Å². The number of hydrogen-bond acceptors (Lipinski definition) is 5. The minimum atomic E-state index is -2.12. The molecule has 0 aliphatic carbocycles. The van der Waals surface area contributed by atoms with Gasteiger partial charge in [0.15, 0.2) is 0 Å². The second-order valence-corrected chi connectivity index (χ2v) is 4.84. The van der Waals surface area contributed by atoms with Gasteiger partial charge < -0.3 is 18.8 Å². The average molecular weight is 250 g/mol. The molecule has 1 aliphatic heterocycles. The smallest absolute Gasteiger partial charge is 0.318 e. The average Bonchev–Trinajstić information content (AvgIpc) is 2.72. The van der Waals surface area contributed by atoms with Gasteiger partial charge in [0.2, 0.25) is 0 Å². The summed E-state index contributed by atoms with van der Waals surface area (Å²) in [6.07, 6.45) is 6.87. The Bertz CT molecular complexity index is 218. The molecule has 0 aromatic rings. The van der Waals surface area contributed by atoms with Gasteiger partial charge in [-0.15, -0.1) is 0 Å². The molecule has 5 nitrogen and oxygen atoms in total. The van der Waals surface area contributed by atoms with Crippen LogP contribution in [0.1, 0.15) is 19.8 Å². The highest BCUT2D eigenvalue weighted by Gasteiger charge is 2.05. The molecule has 1 aliphatic rings. The fourth-order valence-corrected chi connectivity index (χ4v) is 1.35. The molecule has 1 heterocycles. The molecular weight excluding hydrogens is 227 g/mol. The number of hydrogen-bond donors (Lipinski definition) is 0. The summed E-state index contributed by atoms with van der Waals surface area (Å²) < 4.78 is 18.4. The van der Waals surface area contributed by atoms with Gasteiger partial charge in [0.25, 0.3) is 0 Å². The molecule has 0 spiro atoms. The van der Waals surface area contributed by atoms with Gasteiger partial charge in [-0.25, -0.2) is 0 Å². The Morgan fingerprint density at radius 3 is 2.25 bits per heavy atom. The summed E-state index contributed by atoms with van der Waals surface area (Å²) in [4.78, 5) is 4.53. The van der Waals surface area contributed by atoms with Crippen molar-refractivity contribution in [3.8, 4) is 0 Å². The number of unbranched alkanes of at least 4 members (excludes halogenated alkanes) is 1. The van der Waals surface area contributed by atoms with Crippen molar-refractivity contribution in [2.45, 2.75) is 19.8 Å². The van der Waals surface area contributed by atoms with Crippen LogP contribution in [0.5, 0.6) is 0 Å². The maximum absolute atomic E-state index is 9.92. The first-order chi connectivity index (χ1) is 7.63. The highest BCUT2D eigenvalue weighted by Crippen LogP contribution is 2.18. The molecule has 0 aromatic heterocycles. The molecule has 0 saturated heterocycles. The van der Waals surface area contributed by atoms with E-state index >= 15 is 0 Å². The maximum atomic E-state index is 9.92. The monoisotopic (exact) mass is 250 g/mol. The molecule has 0 atom stereocenters. The number of nitrogens with zero attached hydrogens (tertiary/aromatic N) is 2. The molecule has 16 heavy (non-hydrogen) atoms. The Balaban J connectivity index is 0.000000325. The zero-order valence-corrected chi connectivity index (χ0v) is 11.6. The molecule has 96 valence electrons. The first-order valence-electron chi connectivity index (χ1n) is 5.38. The van der Waals surface area contributed by atoms with E-state index in [4.69, 9.17) is 0 Å². The van der Waals surface area contributed by atoms with Gasteiger partial charge in [0.1, 0.15) is 0 Å². The van der Waals surface area contributed by atoms with Gasteiger partial charge in [-0.05, 0) is 6.42 Å². The predicted octanol–water partition coefficient (Wildman–Crippen LogP) is 2.13. The van der Waals surface area contributed by atoms with Crippen LogP contribution < -0.4 is 0 Å². The Hall–Kier alpha value is -0.510. The van der Waals surface area contributed by atoms with E-state index in [2.05, 4.69) is 45.2 Å². The van der Waals surface area contributed by atoms with Crippen LogP contribution in [0.25, 0.3) is 0 Å². The van der Waals surface area contributed by atoms with Gasteiger partial charge in [-0.2, -0.15) is 0 Å². The second kappa shape index (κ2) is 9.70. The normalized spacial score (nSPS) is 14.3. The number of rotatable bonds is 5. The van der Waals surface area contributed by atoms with Gasteiger partial charge in [-0.3, -0.25) is 4.57 Å². The van der Waals surface area contributed by atoms with Crippen molar-refractivity contribution in [2.75, 3.05) is 34.5 Å². The van der Waals surface area contributed by atoms with Crippen LogP contribution in [-0.4, -0.2) is 44.3 Å². The first kappa shape index (κ1) is 15.5. The molecule has 0 radical (unpaired) electrons. The summed E-state index contributed by atoms with van der Waals surface area (Å²) in [6.45, 7) is 4.50. The molecule has 0 fully saturated rings. The van der Waals surface area contributed by atoms with E-state index < -0.39 is 8.25 Å². The lowest BCUT2D eigenvalue weighted by molar-refractivity contribution is 0.293. The van der Waals surface area contributed by atoms with E-state index in [-0.39, 0.29) is 0 Å². The van der Waals surface area contributed by atoms with Crippen molar-refractivity contribution in [3.05, 3.63) is 12.4 Å². The van der Waals surface area contributed by atoms with E-state index in [9.17, 15) is 4.57 Å². The molecule has 0 saturated carbocycles. The van der Waals surface area contributed by atoms with Crippen molar-refractivity contribution >= 4 is 8.25 Å². The molecule has 0 bridgehead atoms. The zero-order chi connectivity index (χ0) is 12.4. The van der Waals surface area contributed by atoms with Crippen molar-refractivity contribution in [3.63, 3.8) is 0 Å². The molecule has 0 aromatic carbocycles. The third kappa shape index (κ3) is 7.74. The summed E-state index contributed by atoms with van der Waals surface area (Å²) in [5.74, 6) is 0. The lowest BCUT2D eigenvalue weighted by Gasteiger charge is -2.17. The molecule has 6 heteroatoms.